The van der Waals surface area contributed by atoms with E-state index >= 15 is 0 Å². The van der Waals surface area contributed by atoms with Gasteiger partial charge in [-0.15, -0.1) is 0 Å². The van der Waals surface area contributed by atoms with E-state index in [2.05, 4.69) is 29.2 Å². The molecule has 1 aliphatic carbocycles. The second-order valence-corrected chi connectivity index (χ2v) is 8.20. The second kappa shape index (κ2) is 6.73. The van der Waals surface area contributed by atoms with E-state index in [9.17, 15) is 4.79 Å². The van der Waals surface area contributed by atoms with Gasteiger partial charge in [0.25, 0.3) is 0 Å². The summed E-state index contributed by atoms with van der Waals surface area (Å²) in [6.45, 7) is 3.74. The van der Waals surface area contributed by atoms with Crippen molar-refractivity contribution in [2.75, 3.05) is 40.0 Å². The summed E-state index contributed by atoms with van der Waals surface area (Å²) in [4.78, 5) is 15.9. The molecule has 0 radical (unpaired) electrons. The Morgan fingerprint density at radius 2 is 2.00 bits per heavy atom. The highest BCUT2D eigenvalue weighted by Crippen LogP contribution is 2.46. The van der Waals surface area contributed by atoms with Crippen LogP contribution in [-0.2, 0) is 19.7 Å². The summed E-state index contributed by atoms with van der Waals surface area (Å²) in [7, 11) is 1.75. The van der Waals surface area contributed by atoms with E-state index in [4.69, 9.17) is 9.47 Å². The molecule has 3 aliphatic rings. The molecule has 2 saturated heterocycles. The number of hydrogen-bond donors (Lipinski definition) is 0. The minimum absolute atomic E-state index is 0.00302. The number of carbonyl (C=O) groups is 1. The van der Waals surface area contributed by atoms with Crippen LogP contribution in [-0.4, -0.2) is 50.8 Å². The number of fused-ring (bicyclic) bond motifs is 1. The number of hydrogen-bond acceptors (Lipinski definition) is 3. The van der Waals surface area contributed by atoms with Gasteiger partial charge in [-0.3, -0.25) is 4.79 Å². The topological polar surface area (TPSA) is 38.8 Å². The minimum atomic E-state index is -0.326. The Hall–Kier alpha value is -1.39. The molecule has 0 aromatic heterocycles. The lowest BCUT2D eigenvalue weighted by molar-refractivity contribution is -0.138. The Bertz CT molecular complexity index is 611. The summed E-state index contributed by atoms with van der Waals surface area (Å²) in [6, 6.07) is 10.5. The maximum Gasteiger partial charge on any atom is 0.233 e. The van der Waals surface area contributed by atoms with Gasteiger partial charge in [0.15, 0.2) is 0 Å². The first-order chi connectivity index (χ1) is 12.2. The van der Waals surface area contributed by atoms with E-state index < -0.39 is 0 Å². The molecule has 0 N–H and O–H groups in total. The lowest BCUT2D eigenvalue weighted by Gasteiger charge is -2.40. The number of carbonyl (C=O) groups excluding carboxylic acids is 1. The minimum Gasteiger partial charge on any atom is -0.384 e. The van der Waals surface area contributed by atoms with Crippen LogP contribution in [0.3, 0.4) is 0 Å². The standard InChI is InChI=1S/C21H29NO3/c1-24-15-20-14-22(12-18(20)13-25-16-20)19(23)21(10-6-3-7-11-21)17-8-4-2-5-9-17/h2,4-5,8-9,18H,3,6-7,10-16H2,1H3/t18-,20-/m0/s1. The van der Waals surface area contributed by atoms with Gasteiger partial charge in [0.1, 0.15) is 0 Å². The van der Waals surface area contributed by atoms with Crippen molar-refractivity contribution in [3.8, 4) is 0 Å². The molecule has 2 atom stereocenters. The van der Waals surface area contributed by atoms with Crippen LogP contribution in [0.2, 0.25) is 0 Å². The second-order valence-electron chi connectivity index (χ2n) is 8.20. The maximum atomic E-state index is 13.7. The average molecular weight is 343 g/mol. The van der Waals surface area contributed by atoms with Crippen molar-refractivity contribution < 1.29 is 14.3 Å². The van der Waals surface area contributed by atoms with Gasteiger partial charge in [0.05, 0.1) is 25.2 Å². The number of rotatable bonds is 4. The number of benzene rings is 1. The van der Waals surface area contributed by atoms with Crippen LogP contribution in [0.1, 0.15) is 37.7 Å². The molecular weight excluding hydrogens is 314 g/mol. The number of nitrogens with zero attached hydrogens (tertiary/aromatic N) is 1. The van der Waals surface area contributed by atoms with Crippen LogP contribution >= 0.6 is 0 Å². The molecular formula is C21H29NO3. The monoisotopic (exact) mass is 343 g/mol. The van der Waals surface area contributed by atoms with Gasteiger partial charge in [-0.25, -0.2) is 0 Å². The average Bonchev–Trinajstić information content (AvgIpc) is 3.19. The van der Waals surface area contributed by atoms with Gasteiger partial charge in [-0.2, -0.15) is 0 Å². The molecule has 2 aliphatic heterocycles. The third-order valence-corrected chi connectivity index (χ3v) is 6.68. The summed E-state index contributed by atoms with van der Waals surface area (Å²) < 4.78 is 11.2. The van der Waals surface area contributed by atoms with E-state index in [0.717, 1.165) is 45.4 Å². The van der Waals surface area contributed by atoms with Crippen LogP contribution in [0.4, 0.5) is 0 Å². The van der Waals surface area contributed by atoms with E-state index in [-0.39, 0.29) is 10.8 Å². The van der Waals surface area contributed by atoms with Crippen LogP contribution < -0.4 is 0 Å². The fourth-order valence-corrected chi connectivity index (χ4v) is 5.32. The lowest BCUT2D eigenvalue weighted by atomic mass is 9.68. The normalized spacial score (nSPS) is 31.1. The van der Waals surface area contributed by atoms with Crippen molar-refractivity contribution >= 4 is 5.91 Å². The van der Waals surface area contributed by atoms with E-state index in [1.54, 1.807) is 7.11 Å². The van der Waals surface area contributed by atoms with Crippen molar-refractivity contribution in [2.24, 2.45) is 11.3 Å². The fraction of sp³-hybridized carbons (Fsp3) is 0.667. The molecule has 0 unspecified atom stereocenters. The summed E-state index contributed by atoms with van der Waals surface area (Å²) in [5, 5.41) is 0. The predicted octanol–water partition coefficient (Wildman–Crippen LogP) is 3.01. The van der Waals surface area contributed by atoms with Crippen molar-refractivity contribution in [1.29, 1.82) is 0 Å². The molecule has 136 valence electrons. The smallest absolute Gasteiger partial charge is 0.233 e. The number of ether oxygens (including phenoxy) is 2. The van der Waals surface area contributed by atoms with Crippen molar-refractivity contribution in [2.45, 2.75) is 37.5 Å². The van der Waals surface area contributed by atoms with Gasteiger partial charge >= 0.3 is 0 Å². The van der Waals surface area contributed by atoms with E-state index in [1.165, 1.54) is 12.0 Å². The first-order valence-corrected chi connectivity index (χ1v) is 9.62. The number of amides is 1. The fourth-order valence-electron chi connectivity index (χ4n) is 5.32. The van der Waals surface area contributed by atoms with E-state index in [0.29, 0.717) is 25.0 Å². The molecule has 0 bridgehead atoms. The SMILES string of the molecule is COC[C@@]12COC[C@@H]1CN(C(=O)C1(c3ccccc3)CCCCC1)C2. The molecule has 25 heavy (non-hydrogen) atoms. The molecule has 1 aromatic carbocycles. The third-order valence-electron chi connectivity index (χ3n) is 6.68. The summed E-state index contributed by atoms with van der Waals surface area (Å²) >= 11 is 0. The number of methoxy groups -OCH3 is 1. The summed E-state index contributed by atoms with van der Waals surface area (Å²) in [5.74, 6) is 0.746. The first-order valence-electron chi connectivity index (χ1n) is 9.62. The Kier molecular flexibility index (Phi) is 4.59. The highest BCUT2D eigenvalue weighted by molar-refractivity contribution is 5.88. The molecule has 2 heterocycles. The van der Waals surface area contributed by atoms with Crippen molar-refractivity contribution in [1.82, 2.24) is 4.90 Å². The zero-order valence-corrected chi connectivity index (χ0v) is 15.2. The van der Waals surface area contributed by atoms with Crippen LogP contribution in [0.15, 0.2) is 30.3 Å². The lowest BCUT2D eigenvalue weighted by Crippen LogP contribution is -2.48. The van der Waals surface area contributed by atoms with Crippen molar-refractivity contribution in [3.05, 3.63) is 35.9 Å². The predicted molar refractivity (Wildman–Crippen MR) is 96.4 cm³/mol. The molecule has 4 nitrogen and oxygen atoms in total. The van der Waals surface area contributed by atoms with Crippen molar-refractivity contribution in [3.63, 3.8) is 0 Å². The van der Waals surface area contributed by atoms with Crippen LogP contribution in [0.25, 0.3) is 0 Å². The van der Waals surface area contributed by atoms with Gasteiger partial charge in [0.2, 0.25) is 5.91 Å². The zero-order valence-electron chi connectivity index (χ0n) is 15.2. The quantitative estimate of drug-likeness (QED) is 0.843. The largest absolute Gasteiger partial charge is 0.384 e. The van der Waals surface area contributed by atoms with Gasteiger partial charge in [0, 0.05) is 31.5 Å². The Morgan fingerprint density at radius 1 is 1.24 bits per heavy atom. The van der Waals surface area contributed by atoms with Gasteiger partial charge in [-0.1, -0.05) is 49.6 Å². The van der Waals surface area contributed by atoms with Crippen LogP contribution in [0, 0.1) is 11.3 Å². The van der Waals surface area contributed by atoms with E-state index in [1.807, 2.05) is 6.07 Å². The summed E-state index contributed by atoms with van der Waals surface area (Å²) in [6.07, 6.45) is 5.48. The molecule has 3 fully saturated rings. The highest BCUT2D eigenvalue weighted by atomic mass is 16.5. The summed E-state index contributed by atoms with van der Waals surface area (Å²) in [5.41, 5.74) is 0.873. The number of likely N-dealkylation sites (tertiary alicyclic amines) is 1. The highest BCUT2D eigenvalue weighted by Gasteiger charge is 2.54. The van der Waals surface area contributed by atoms with Gasteiger partial charge in [-0.05, 0) is 18.4 Å². The molecule has 4 heteroatoms. The third kappa shape index (κ3) is 2.80. The Morgan fingerprint density at radius 3 is 2.72 bits per heavy atom. The molecule has 1 saturated carbocycles. The molecule has 1 aromatic rings. The maximum absolute atomic E-state index is 13.7. The first kappa shape index (κ1) is 17.0. The zero-order chi connectivity index (χ0) is 17.3. The Labute approximate surface area is 150 Å². The van der Waals surface area contributed by atoms with Crippen LogP contribution in [0.5, 0.6) is 0 Å². The van der Waals surface area contributed by atoms with Gasteiger partial charge < -0.3 is 14.4 Å². The molecule has 1 amide bonds. The molecule has 0 spiro atoms. The Balaban J connectivity index is 1.62. The molecule has 4 rings (SSSR count).